The fourth-order valence-electron chi connectivity index (χ4n) is 3.08. The highest BCUT2D eigenvalue weighted by molar-refractivity contribution is 6.05. The van der Waals surface area contributed by atoms with Gasteiger partial charge < -0.3 is 10.1 Å². The van der Waals surface area contributed by atoms with Crippen molar-refractivity contribution in [3.63, 3.8) is 0 Å². The van der Waals surface area contributed by atoms with E-state index < -0.39 is 17.8 Å². The Morgan fingerprint density at radius 2 is 1.97 bits per heavy atom. The first-order valence-electron chi connectivity index (χ1n) is 10.2. The second-order valence-electron chi connectivity index (χ2n) is 7.37. The number of pyridine rings is 1. The summed E-state index contributed by atoms with van der Waals surface area (Å²) in [6.45, 7) is 4.25. The molecule has 166 valence electrons. The smallest absolute Gasteiger partial charge is 0.433 e. The molecule has 0 bridgehead atoms. The van der Waals surface area contributed by atoms with Gasteiger partial charge in [0.1, 0.15) is 17.1 Å². The van der Waals surface area contributed by atoms with Crippen LogP contribution < -0.4 is 10.1 Å². The van der Waals surface area contributed by atoms with Crippen molar-refractivity contribution in [3.8, 4) is 5.75 Å². The van der Waals surface area contributed by atoms with Crippen LogP contribution in [0, 0.1) is 0 Å². The fourth-order valence-corrected chi connectivity index (χ4v) is 3.08. The summed E-state index contributed by atoms with van der Waals surface area (Å²) in [7, 11) is 1.45. The number of nitrogens with zero attached hydrogens (tertiary/aromatic N) is 3. The molecule has 1 saturated carbocycles. The van der Waals surface area contributed by atoms with Crippen LogP contribution in [0.4, 0.5) is 18.9 Å². The largest absolute Gasteiger partial charge is 0.494 e. The third-order valence-corrected chi connectivity index (χ3v) is 4.81. The Labute approximate surface area is 178 Å². The van der Waals surface area contributed by atoms with Crippen LogP contribution >= 0.6 is 0 Å². The highest BCUT2D eigenvalue weighted by Gasteiger charge is 2.33. The van der Waals surface area contributed by atoms with Gasteiger partial charge in [-0.3, -0.25) is 9.48 Å². The van der Waals surface area contributed by atoms with Crippen molar-refractivity contribution in [2.45, 2.75) is 51.7 Å². The number of rotatable bonds is 4. The molecule has 0 radical (unpaired) electrons. The van der Waals surface area contributed by atoms with Crippen molar-refractivity contribution in [2.24, 2.45) is 0 Å². The van der Waals surface area contributed by atoms with Gasteiger partial charge in [-0.1, -0.05) is 26.3 Å². The number of carbonyl (C=O) groups excluding carboxylic acids is 1. The van der Waals surface area contributed by atoms with Crippen molar-refractivity contribution in [1.29, 1.82) is 0 Å². The van der Waals surface area contributed by atoms with Gasteiger partial charge in [-0.2, -0.15) is 18.3 Å². The van der Waals surface area contributed by atoms with Gasteiger partial charge in [-0.25, -0.2) is 4.98 Å². The van der Waals surface area contributed by atoms with E-state index in [0.717, 1.165) is 35.9 Å². The van der Waals surface area contributed by atoms with Crippen LogP contribution in [0.25, 0.3) is 10.9 Å². The summed E-state index contributed by atoms with van der Waals surface area (Å²) in [6.07, 6.45) is 1.86. The number of hydrogen-bond donors (Lipinski definition) is 1. The SMILES string of the molecule is CCC.COc1cc2nn(C3CCC3)cc2cc1NC(=O)c1cccc(C(F)(F)F)n1. The van der Waals surface area contributed by atoms with Crippen LogP contribution in [0.3, 0.4) is 0 Å². The number of nitrogens with one attached hydrogen (secondary N) is 1. The van der Waals surface area contributed by atoms with E-state index in [4.69, 9.17) is 4.74 Å². The molecule has 2 heterocycles. The highest BCUT2D eigenvalue weighted by Crippen LogP contribution is 2.35. The Morgan fingerprint density at radius 1 is 1.26 bits per heavy atom. The molecule has 0 atom stereocenters. The number of aromatic nitrogens is 3. The Balaban J connectivity index is 0.000000858. The van der Waals surface area contributed by atoms with E-state index in [0.29, 0.717) is 17.5 Å². The number of amides is 1. The maximum Gasteiger partial charge on any atom is 0.433 e. The third kappa shape index (κ3) is 5.15. The number of alkyl halides is 3. The molecule has 1 aromatic carbocycles. The van der Waals surface area contributed by atoms with Gasteiger partial charge in [0.25, 0.3) is 5.91 Å². The lowest BCUT2D eigenvalue weighted by molar-refractivity contribution is -0.141. The molecule has 2 aromatic heterocycles. The molecule has 9 heteroatoms. The molecule has 0 spiro atoms. The number of fused-ring (bicyclic) bond motifs is 1. The molecule has 1 aliphatic carbocycles. The first kappa shape index (κ1) is 22.6. The van der Waals surface area contributed by atoms with Crippen molar-refractivity contribution in [2.75, 3.05) is 12.4 Å². The van der Waals surface area contributed by atoms with Crippen molar-refractivity contribution in [1.82, 2.24) is 14.8 Å². The molecular weight excluding hydrogens is 409 g/mol. The highest BCUT2D eigenvalue weighted by atomic mass is 19.4. The van der Waals surface area contributed by atoms with Gasteiger partial charge in [0, 0.05) is 17.6 Å². The normalized spacial score (nSPS) is 13.9. The molecule has 1 amide bonds. The van der Waals surface area contributed by atoms with Crippen molar-refractivity contribution < 1.29 is 22.7 Å². The zero-order chi connectivity index (χ0) is 22.6. The monoisotopic (exact) mass is 434 g/mol. The topological polar surface area (TPSA) is 69.0 Å². The number of anilines is 1. The number of benzene rings is 1. The van der Waals surface area contributed by atoms with E-state index in [-0.39, 0.29) is 5.69 Å². The van der Waals surface area contributed by atoms with E-state index in [1.165, 1.54) is 26.0 Å². The number of methoxy groups -OCH3 is 1. The molecular formula is C22H25F3N4O2. The lowest BCUT2D eigenvalue weighted by Gasteiger charge is -2.25. The standard InChI is InChI=1S/C19H17F3N4O2.C3H8/c1-28-16-9-14-11(10-26(25-14)12-4-2-5-12)8-15(16)24-18(27)13-6-3-7-17(23-13)19(20,21)22;1-3-2/h3,6-10,12H,2,4-5H2,1H3,(H,24,27);3H2,1-2H3. The summed E-state index contributed by atoms with van der Waals surface area (Å²) in [5.74, 6) is -0.387. The summed E-state index contributed by atoms with van der Waals surface area (Å²) >= 11 is 0. The second kappa shape index (κ2) is 9.36. The minimum Gasteiger partial charge on any atom is -0.494 e. The summed E-state index contributed by atoms with van der Waals surface area (Å²) in [6, 6.07) is 6.96. The zero-order valence-corrected chi connectivity index (χ0v) is 17.7. The van der Waals surface area contributed by atoms with Crippen LogP contribution in [-0.2, 0) is 6.18 Å². The molecule has 0 saturated heterocycles. The van der Waals surface area contributed by atoms with Crippen LogP contribution in [-0.4, -0.2) is 27.8 Å². The molecule has 6 nitrogen and oxygen atoms in total. The number of ether oxygens (including phenoxy) is 1. The van der Waals surface area contributed by atoms with Gasteiger partial charge in [0.15, 0.2) is 0 Å². The Morgan fingerprint density at radius 3 is 2.55 bits per heavy atom. The molecule has 0 unspecified atom stereocenters. The Kier molecular flexibility index (Phi) is 6.82. The van der Waals surface area contributed by atoms with Crippen molar-refractivity contribution in [3.05, 3.63) is 47.9 Å². The quantitative estimate of drug-likeness (QED) is 0.559. The van der Waals surface area contributed by atoms with Crippen LogP contribution in [0.2, 0.25) is 0 Å². The molecule has 31 heavy (non-hydrogen) atoms. The zero-order valence-electron chi connectivity index (χ0n) is 17.7. The van der Waals surface area contributed by atoms with Crippen LogP contribution in [0.5, 0.6) is 5.75 Å². The van der Waals surface area contributed by atoms with Gasteiger partial charge in [-0.05, 0) is 37.5 Å². The van der Waals surface area contributed by atoms with Gasteiger partial charge in [0.2, 0.25) is 0 Å². The maximum absolute atomic E-state index is 12.8. The van der Waals surface area contributed by atoms with E-state index in [1.807, 2.05) is 10.9 Å². The van der Waals surface area contributed by atoms with Gasteiger partial charge >= 0.3 is 6.18 Å². The molecule has 1 fully saturated rings. The molecule has 1 N–H and O–H groups in total. The summed E-state index contributed by atoms with van der Waals surface area (Å²) in [5, 5.41) is 7.94. The van der Waals surface area contributed by atoms with Crippen LogP contribution in [0.1, 0.15) is 61.8 Å². The van der Waals surface area contributed by atoms with Crippen molar-refractivity contribution >= 4 is 22.5 Å². The summed E-state index contributed by atoms with van der Waals surface area (Å²) in [4.78, 5) is 15.9. The third-order valence-electron chi connectivity index (χ3n) is 4.81. The maximum atomic E-state index is 12.8. The molecule has 4 rings (SSSR count). The van der Waals surface area contributed by atoms with E-state index in [1.54, 1.807) is 12.1 Å². The Bertz CT molecular complexity index is 1060. The molecule has 3 aromatic rings. The van der Waals surface area contributed by atoms with Gasteiger partial charge in [-0.15, -0.1) is 0 Å². The first-order chi connectivity index (χ1) is 14.8. The average Bonchev–Trinajstić information content (AvgIpc) is 3.07. The van der Waals surface area contributed by atoms with Gasteiger partial charge in [0.05, 0.1) is 24.4 Å². The average molecular weight is 434 g/mol. The van der Waals surface area contributed by atoms with E-state index >= 15 is 0 Å². The predicted molar refractivity (Wildman–Crippen MR) is 112 cm³/mol. The number of hydrogen-bond acceptors (Lipinski definition) is 4. The summed E-state index contributed by atoms with van der Waals surface area (Å²) in [5.41, 5.74) is -0.391. The summed E-state index contributed by atoms with van der Waals surface area (Å²) < 4.78 is 45.7. The molecule has 0 aliphatic heterocycles. The Hall–Kier alpha value is -3.10. The second-order valence-corrected chi connectivity index (χ2v) is 7.37. The lowest BCUT2D eigenvalue weighted by atomic mass is 9.93. The van der Waals surface area contributed by atoms with E-state index in [9.17, 15) is 18.0 Å². The lowest BCUT2D eigenvalue weighted by Crippen LogP contribution is -2.17. The first-order valence-corrected chi connectivity index (χ1v) is 10.2. The fraction of sp³-hybridized carbons (Fsp3) is 0.409. The minimum atomic E-state index is -4.62. The molecule has 1 aliphatic rings. The van der Waals surface area contributed by atoms with Crippen LogP contribution in [0.15, 0.2) is 36.5 Å². The predicted octanol–water partition coefficient (Wildman–Crippen LogP) is 5.85. The number of carbonyl (C=O) groups is 1. The minimum absolute atomic E-state index is 0.331. The van der Waals surface area contributed by atoms with E-state index in [2.05, 4.69) is 29.2 Å². The number of halogens is 3.